The Hall–Kier alpha value is -3.38. The molecule has 0 unspecified atom stereocenters. The molecule has 5 aromatic carbocycles. The van der Waals surface area contributed by atoms with E-state index in [1.54, 1.807) is 0 Å². The van der Waals surface area contributed by atoms with E-state index in [-0.39, 0.29) is 0 Å². The predicted molar refractivity (Wildman–Crippen MR) is 118 cm³/mol. The average molecular weight is 354 g/mol. The fourth-order valence-corrected chi connectivity index (χ4v) is 5.26. The smallest absolute Gasteiger partial charge is 0.00130 e. The van der Waals surface area contributed by atoms with Crippen LogP contribution in [0.4, 0.5) is 0 Å². The molecule has 0 saturated carbocycles. The Morgan fingerprint density at radius 1 is 0.357 bits per heavy atom. The Morgan fingerprint density at radius 3 is 1.11 bits per heavy atom. The first kappa shape index (κ1) is 14.6. The minimum Gasteiger partial charge on any atom is -0.0616 e. The van der Waals surface area contributed by atoms with Crippen molar-refractivity contribution >= 4 is 21.5 Å². The minimum atomic E-state index is 1.05. The van der Waals surface area contributed by atoms with Crippen LogP contribution in [0.5, 0.6) is 0 Å². The molecule has 28 heavy (non-hydrogen) atoms. The van der Waals surface area contributed by atoms with Gasteiger partial charge in [-0.05, 0) is 103 Å². The van der Waals surface area contributed by atoms with Gasteiger partial charge in [0.25, 0.3) is 0 Å². The molecule has 130 valence electrons. The Labute approximate surface area is 164 Å². The zero-order valence-electron chi connectivity index (χ0n) is 15.5. The van der Waals surface area contributed by atoms with Gasteiger partial charge in [0.2, 0.25) is 0 Å². The molecule has 0 radical (unpaired) electrons. The predicted octanol–water partition coefficient (Wildman–Crippen LogP) is 7.14. The van der Waals surface area contributed by atoms with Crippen LogP contribution in [0.25, 0.3) is 43.8 Å². The second kappa shape index (κ2) is 5.11. The van der Waals surface area contributed by atoms with E-state index in [1.807, 2.05) is 0 Å². The van der Waals surface area contributed by atoms with Crippen LogP contribution in [0.15, 0.2) is 84.9 Å². The highest BCUT2D eigenvalue weighted by Crippen LogP contribution is 2.46. The van der Waals surface area contributed by atoms with Crippen molar-refractivity contribution in [1.82, 2.24) is 0 Å². The highest BCUT2D eigenvalue weighted by molar-refractivity contribution is 5.95. The van der Waals surface area contributed by atoms with Crippen molar-refractivity contribution in [2.75, 3.05) is 0 Å². The van der Waals surface area contributed by atoms with Gasteiger partial charge in [-0.15, -0.1) is 0 Å². The Balaban J connectivity index is 1.43. The lowest BCUT2D eigenvalue weighted by molar-refractivity contribution is 1.24. The van der Waals surface area contributed by atoms with Crippen molar-refractivity contribution < 1.29 is 0 Å². The first-order valence-electron chi connectivity index (χ1n) is 10.0. The van der Waals surface area contributed by atoms with Crippen molar-refractivity contribution in [3.05, 3.63) is 107 Å². The van der Waals surface area contributed by atoms with E-state index in [1.165, 1.54) is 66.1 Å². The lowest BCUT2D eigenvalue weighted by Crippen LogP contribution is -1.85. The molecular weight excluding hydrogens is 336 g/mol. The molecule has 0 bridgehead atoms. The van der Waals surface area contributed by atoms with Crippen LogP contribution in [-0.2, 0) is 12.8 Å². The van der Waals surface area contributed by atoms with Crippen LogP contribution in [0.2, 0.25) is 0 Å². The van der Waals surface area contributed by atoms with Crippen molar-refractivity contribution in [3.63, 3.8) is 0 Å². The van der Waals surface area contributed by atoms with E-state index in [4.69, 9.17) is 0 Å². The zero-order chi connectivity index (χ0) is 18.2. The monoisotopic (exact) mass is 354 g/mol. The molecule has 0 saturated heterocycles. The Kier molecular flexibility index (Phi) is 2.67. The van der Waals surface area contributed by atoms with Crippen LogP contribution in [0.3, 0.4) is 0 Å². The Morgan fingerprint density at radius 2 is 0.679 bits per heavy atom. The third-order valence-electron chi connectivity index (χ3n) is 6.61. The molecule has 0 fully saturated rings. The Bertz CT molecular complexity index is 1340. The van der Waals surface area contributed by atoms with Gasteiger partial charge in [-0.25, -0.2) is 0 Å². The van der Waals surface area contributed by atoms with Crippen molar-refractivity contribution in [1.29, 1.82) is 0 Å². The number of hydrogen-bond acceptors (Lipinski definition) is 0. The van der Waals surface area contributed by atoms with Crippen molar-refractivity contribution in [2.24, 2.45) is 0 Å². The van der Waals surface area contributed by atoms with E-state index < -0.39 is 0 Å². The van der Waals surface area contributed by atoms with E-state index in [0.29, 0.717) is 0 Å². The molecule has 0 heterocycles. The molecule has 7 rings (SSSR count). The van der Waals surface area contributed by atoms with Gasteiger partial charge in [-0.3, -0.25) is 0 Å². The third-order valence-corrected chi connectivity index (χ3v) is 6.61. The number of fused-ring (bicyclic) bond motifs is 8. The molecule has 0 N–H and O–H groups in total. The topological polar surface area (TPSA) is 0 Å². The highest BCUT2D eigenvalue weighted by atomic mass is 14.3. The summed E-state index contributed by atoms with van der Waals surface area (Å²) >= 11 is 0. The maximum Gasteiger partial charge on any atom is -0.00130 e. The van der Waals surface area contributed by atoms with E-state index in [9.17, 15) is 0 Å². The lowest BCUT2D eigenvalue weighted by atomic mass is 9.96. The molecule has 0 spiro atoms. The third kappa shape index (κ3) is 1.90. The quantitative estimate of drug-likeness (QED) is 0.272. The maximum absolute atomic E-state index is 2.47. The first-order valence-corrected chi connectivity index (χ1v) is 10.0. The van der Waals surface area contributed by atoms with Gasteiger partial charge in [0.05, 0.1) is 0 Å². The van der Waals surface area contributed by atoms with Gasteiger partial charge in [0, 0.05) is 0 Å². The van der Waals surface area contributed by atoms with Gasteiger partial charge in [0.15, 0.2) is 0 Å². The molecular formula is C28H18. The second-order valence-electron chi connectivity index (χ2n) is 8.23. The van der Waals surface area contributed by atoms with Gasteiger partial charge in [0.1, 0.15) is 0 Å². The fourth-order valence-electron chi connectivity index (χ4n) is 5.26. The number of benzene rings is 5. The zero-order valence-corrected chi connectivity index (χ0v) is 15.5. The lowest BCUT2D eigenvalue weighted by Gasteiger charge is -2.08. The molecule has 0 heteroatoms. The molecule has 0 aliphatic heterocycles. The van der Waals surface area contributed by atoms with Gasteiger partial charge in [-0.2, -0.15) is 0 Å². The maximum atomic E-state index is 2.47. The van der Waals surface area contributed by atoms with Gasteiger partial charge in [-0.1, -0.05) is 60.7 Å². The molecule has 0 aromatic heterocycles. The highest BCUT2D eigenvalue weighted by Gasteiger charge is 2.25. The SMILES string of the molecule is c1ccc2cc3c(cc2c1)Cc1cc2c(cc1-3)Cc1cc3ccccc3cc1-2. The molecule has 2 aliphatic carbocycles. The largest absolute Gasteiger partial charge is 0.0616 e. The summed E-state index contributed by atoms with van der Waals surface area (Å²) in [6.07, 6.45) is 2.09. The summed E-state index contributed by atoms with van der Waals surface area (Å²) in [5.41, 5.74) is 11.6. The summed E-state index contributed by atoms with van der Waals surface area (Å²) in [4.78, 5) is 0. The summed E-state index contributed by atoms with van der Waals surface area (Å²) in [6, 6.07) is 31.9. The van der Waals surface area contributed by atoms with Gasteiger partial charge >= 0.3 is 0 Å². The van der Waals surface area contributed by atoms with Crippen LogP contribution >= 0.6 is 0 Å². The summed E-state index contributed by atoms with van der Waals surface area (Å²) in [5, 5.41) is 5.37. The summed E-state index contributed by atoms with van der Waals surface area (Å²) in [6.45, 7) is 0. The van der Waals surface area contributed by atoms with Crippen LogP contribution in [0, 0.1) is 0 Å². The van der Waals surface area contributed by atoms with E-state index >= 15 is 0 Å². The van der Waals surface area contributed by atoms with Gasteiger partial charge < -0.3 is 0 Å². The van der Waals surface area contributed by atoms with Crippen molar-refractivity contribution in [3.8, 4) is 22.3 Å². The number of hydrogen-bond donors (Lipinski definition) is 0. The standard InChI is InChI=1S/C28H18/c1-3-7-19-13-25-21(9-17(19)5-1)11-23-15-28-24(16-27(23)25)12-22-10-18-6-2-4-8-20(18)14-26(22)28/h1-10,13-16H,11-12H2. The molecule has 0 atom stereocenters. The molecule has 0 nitrogen and oxygen atoms in total. The summed E-state index contributed by atoms with van der Waals surface area (Å²) in [5.74, 6) is 0. The van der Waals surface area contributed by atoms with Crippen LogP contribution < -0.4 is 0 Å². The minimum absolute atomic E-state index is 1.05. The fraction of sp³-hybridized carbons (Fsp3) is 0.0714. The van der Waals surface area contributed by atoms with E-state index in [2.05, 4.69) is 84.9 Å². The number of rotatable bonds is 0. The molecule has 2 aliphatic rings. The normalized spacial score (nSPS) is 13.4. The molecule has 5 aromatic rings. The average Bonchev–Trinajstić information content (AvgIpc) is 3.25. The van der Waals surface area contributed by atoms with Crippen LogP contribution in [0.1, 0.15) is 22.3 Å². The second-order valence-corrected chi connectivity index (χ2v) is 8.23. The summed E-state index contributed by atoms with van der Waals surface area (Å²) in [7, 11) is 0. The van der Waals surface area contributed by atoms with Crippen LogP contribution in [-0.4, -0.2) is 0 Å². The molecule has 0 amide bonds. The summed E-state index contributed by atoms with van der Waals surface area (Å²) < 4.78 is 0. The van der Waals surface area contributed by atoms with Crippen molar-refractivity contribution in [2.45, 2.75) is 12.8 Å². The van der Waals surface area contributed by atoms with E-state index in [0.717, 1.165) is 12.8 Å². The first-order chi connectivity index (χ1) is 13.8.